The lowest BCUT2D eigenvalue weighted by Crippen LogP contribution is -2.54. The zero-order valence-electron chi connectivity index (χ0n) is 20.7. The number of halogens is 2. The van der Waals surface area contributed by atoms with Gasteiger partial charge in [0.15, 0.2) is 0 Å². The maximum atomic E-state index is 13.4. The maximum absolute atomic E-state index is 13.4. The molecule has 3 aromatic carbocycles. The molecule has 0 bridgehead atoms. The highest BCUT2D eigenvalue weighted by atomic mass is 35.5. The van der Waals surface area contributed by atoms with Gasteiger partial charge in [-0.3, -0.25) is 4.90 Å². The van der Waals surface area contributed by atoms with Gasteiger partial charge in [0.1, 0.15) is 0 Å². The van der Waals surface area contributed by atoms with Gasteiger partial charge in [-0.1, -0.05) is 66.0 Å². The van der Waals surface area contributed by atoms with Crippen molar-refractivity contribution in [2.45, 2.75) is 61.0 Å². The number of hydrogen-bond donors (Lipinski definition) is 2. The van der Waals surface area contributed by atoms with E-state index in [2.05, 4.69) is 28.2 Å². The SMILES string of the molecule is C[C@@H]1CCC[C@H](C)N1C[C@H](CNS(=O)(=O)c1cccc2ccccc12)NS(=O)(=O)c1cc(Cl)cc(Cl)c1. The van der Waals surface area contributed by atoms with Gasteiger partial charge in [0.25, 0.3) is 0 Å². The molecule has 0 aliphatic carbocycles. The van der Waals surface area contributed by atoms with Crippen molar-refractivity contribution < 1.29 is 16.8 Å². The van der Waals surface area contributed by atoms with Crippen molar-refractivity contribution in [3.05, 3.63) is 70.7 Å². The molecule has 0 amide bonds. The van der Waals surface area contributed by atoms with Gasteiger partial charge in [0, 0.05) is 46.6 Å². The zero-order valence-corrected chi connectivity index (χ0v) is 23.8. The highest BCUT2D eigenvalue weighted by Gasteiger charge is 2.30. The third-order valence-corrected chi connectivity index (χ3v) is 10.3. The van der Waals surface area contributed by atoms with Crippen molar-refractivity contribution in [2.75, 3.05) is 13.1 Å². The predicted octanol–water partition coefficient (Wildman–Crippen LogP) is 5.03. The lowest BCUT2D eigenvalue weighted by atomic mass is 9.97. The van der Waals surface area contributed by atoms with Crippen molar-refractivity contribution in [3.63, 3.8) is 0 Å². The van der Waals surface area contributed by atoms with Crippen molar-refractivity contribution in [1.29, 1.82) is 0 Å². The number of hydrogen-bond acceptors (Lipinski definition) is 5. The number of nitrogens with one attached hydrogen (secondary N) is 2. The summed E-state index contributed by atoms with van der Waals surface area (Å²) >= 11 is 12.1. The molecule has 200 valence electrons. The third kappa shape index (κ3) is 6.84. The Bertz CT molecular complexity index is 1450. The van der Waals surface area contributed by atoms with E-state index in [-0.39, 0.29) is 38.5 Å². The summed E-state index contributed by atoms with van der Waals surface area (Å²) in [5, 5.41) is 1.79. The minimum absolute atomic E-state index is 0.0772. The van der Waals surface area contributed by atoms with Crippen LogP contribution in [0.15, 0.2) is 70.5 Å². The van der Waals surface area contributed by atoms with Crippen LogP contribution in [0, 0.1) is 0 Å². The van der Waals surface area contributed by atoms with Crippen LogP contribution in [0.5, 0.6) is 0 Å². The molecule has 2 N–H and O–H groups in total. The minimum Gasteiger partial charge on any atom is -0.296 e. The van der Waals surface area contributed by atoms with Crippen molar-refractivity contribution >= 4 is 54.0 Å². The molecular formula is C26H31Cl2N3O4S2. The average molecular weight is 585 g/mol. The number of sulfonamides is 2. The largest absolute Gasteiger partial charge is 0.296 e. The van der Waals surface area contributed by atoms with Crippen LogP contribution in [0.2, 0.25) is 10.0 Å². The first-order chi connectivity index (χ1) is 17.5. The molecule has 0 saturated carbocycles. The van der Waals surface area contributed by atoms with Crippen molar-refractivity contribution in [3.8, 4) is 0 Å². The number of benzene rings is 3. The Hall–Kier alpha value is -1.72. The molecule has 3 aromatic rings. The van der Waals surface area contributed by atoms with Crippen LogP contribution in [0.4, 0.5) is 0 Å². The highest BCUT2D eigenvalue weighted by molar-refractivity contribution is 7.90. The molecule has 0 spiro atoms. The monoisotopic (exact) mass is 583 g/mol. The molecule has 0 aromatic heterocycles. The first-order valence-corrected chi connectivity index (χ1v) is 15.9. The second kappa shape index (κ2) is 11.6. The summed E-state index contributed by atoms with van der Waals surface area (Å²) in [6, 6.07) is 16.2. The molecule has 1 aliphatic heterocycles. The van der Waals surface area contributed by atoms with E-state index >= 15 is 0 Å². The predicted molar refractivity (Wildman–Crippen MR) is 149 cm³/mol. The van der Waals surface area contributed by atoms with Crippen molar-refractivity contribution in [1.82, 2.24) is 14.3 Å². The molecule has 37 heavy (non-hydrogen) atoms. The van der Waals surface area contributed by atoms with Gasteiger partial charge in [0.05, 0.1) is 9.79 Å². The van der Waals surface area contributed by atoms with Gasteiger partial charge in [-0.25, -0.2) is 26.3 Å². The van der Waals surface area contributed by atoms with Gasteiger partial charge in [0.2, 0.25) is 20.0 Å². The fourth-order valence-corrected chi connectivity index (χ4v) is 8.18. The van der Waals surface area contributed by atoms with Crippen LogP contribution in [-0.2, 0) is 20.0 Å². The Morgan fingerprint density at radius 1 is 0.892 bits per heavy atom. The molecule has 7 nitrogen and oxygen atoms in total. The molecule has 1 saturated heterocycles. The Labute approximate surface area is 229 Å². The normalized spacial score (nSPS) is 20.2. The van der Waals surface area contributed by atoms with Gasteiger partial charge < -0.3 is 0 Å². The fraction of sp³-hybridized carbons (Fsp3) is 0.385. The average Bonchev–Trinajstić information content (AvgIpc) is 2.83. The summed E-state index contributed by atoms with van der Waals surface area (Å²) in [7, 11) is -7.97. The van der Waals surface area contributed by atoms with Crippen LogP contribution in [0.1, 0.15) is 33.1 Å². The lowest BCUT2D eigenvalue weighted by molar-refractivity contribution is 0.0945. The molecule has 1 aliphatic rings. The van der Waals surface area contributed by atoms with Crippen LogP contribution in [0.25, 0.3) is 10.8 Å². The molecule has 1 fully saturated rings. The maximum Gasteiger partial charge on any atom is 0.241 e. The number of nitrogens with zero attached hydrogens (tertiary/aromatic N) is 1. The number of fused-ring (bicyclic) bond motifs is 1. The van der Waals surface area contributed by atoms with Gasteiger partial charge in [-0.2, -0.15) is 0 Å². The number of likely N-dealkylation sites (tertiary alicyclic amines) is 1. The summed E-state index contributed by atoms with van der Waals surface area (Å²) in [6.07, 6.45) is 3.09. The number of rotatable bonds is 9. The minimum atomic E-state index is -4.04. The van der Waals surface area contributed by atoms with E-state index in [0.29, 0.717) is 11.9 Å². The van der Waals surface area contributed by atoms with Crippen LogP contribution >= 0.6 is 23.2 Å². The molecule has 4 rings (SSSR count). The fourth-order valence-electron chi connectivity index (χ4n) is 4.92. The Balaban J connectivity index is 1.62. The van der Waals surface area contributed by atoms with E-state index in [1.165, 1.54) is 18.2 Å². The quantitative estimate of drug-likeness (QED) is 0.368. The van der Waals surface area contributed by atoms with E-state index in [9.17, 15) is 16.8 Å². The molecular weight excluding hydrogens is 553 g/mol. The summed E-state index contributed by atoms with van der Waals surface area (Å²) in [5.41, 5.74) is 0. The van der Waals surface area contributed by atoms with Gasteiger partial charge in [-0.05, 0) is 56.3 Å². The zero-order chi connectivity index (χ0) is 26.8. The molecule has 1 heterocycles. The first-order valence-electron chi connectivity index (χ1n) is 12.2. The topological polar surface area (TPSA) is 95.6 Å². The summed E-state index contributed by atoms with van der Waals surface area (Å²) in [4.78, 5) is 2.30. The summed E-state index contributed by atoms with van der Waals surface area (Å²) in [6.45, 7) is 4.43. The van der Waals surface area contributed by atoms with E-state index in [4.69, 9.17) is 23.2 Å². The molecule has 0 radical (unpaired) electrons. The first kappa shape index (κ1) is 28.3. The Morgan fingerprint density at radius 3 is 2.19 bits per heavy atom. The summed E-state index contributed by atoms with van der Waals surface area (Å²) < 4.78 is 58.7. The smallest absolute Gasteiger partial charge is 0.241 e. The van der Waals surface area contributed by atoms with E-state index < -0.39 is 26.1 Å². The molecule has 3 atom stereocenters. The molecule has 11 heteroatoms. The van der Waals surface area contributed by atoms with E-state index in [1.807, 2.05) is 18.2 Å². The van der Waals surface area contributed by atoms with Crippen LogP contribution in [0.3, 0.4) is 0 Å². The third-order valence-electron chi connectivity index (χ3n) is 6.83. The van der Waals surface area contributed by atoms with Crippen molar-refractivity contribution in [2.24, 2.45) is 0 Å². The van der Waals surface area contributed by atoms with E-state index in [0.717, 1.165) is 24.6 Å². The Morgan fingerprint density at radius 2 is 1.51 bits per heavy atom. The van der Waals surface area contributed by atoms with Gasteiger partial charge in [-0.15, -0.1) is 0 Å². The number of piperidine rings is 1. The second-order valence-electron chi connectivity index (χ2n) is 9.58. The standard InChI is InChI=1S/C26H31Cl2N3O4S2/c1-18-7-5-8-19(2)31(18)17-23(30-36(32,33)24-14-21(27)13-22(28)15-24)16-29-37(34,35)26-12-6-10-20-9-3-4-11-25(20)26/h3-4,6,9-15,18-19,23,29-30H,5,7-8,16-17H2,1-2H3/t18-,19+,23-/m0/s1. The summed E-state index contributed by atoms with van der Waals surface area (Å²) in [5.74, 6) is 0. The van der Waals surface area contributed by atoms with E-state index in [1.54, 1.807) is 24.3 Å². The highest BCUT2D eigenvalue weighted by Crippen LogP contribution is 2.26. The second-order valence-corrected chi connectivity index (χ2v) is 13.9. The van der Waals surface area contributed by atoms with Crippen LogP contribution in [-0.4, -0.2) is 53.0 Å². The van der Waals surface area contributed by atoms with Crippen LogP contribution < -0.4 is 9.44 Å². The molecule has 0 unspecified atom stereocenters. The Kier molecular flexibility index (Phi) is 8.85. The van der Waals surface area contributed by atoms with Gasteiger partial charge >= 0.3 is 0 Å². The lowest BCUT2D eigenvalue weighted by Gasteiger charge is -2.41.